The van der Waals surface area contributed by atoms with Gasteiger partial charge in [0, 0.05) is 16.6 Å². The maximum absolute atomic E-state index is 11.7. The number of aryl methyl sites for hydroxylation is 1. The minimum Gasteiger partial charge on any atom is -0.322 e. The minimum absolute atomic E-state index is 0.138. The normalized spacial score (nSPS) is 10.2. The number of fused-ring (bicyclic) bond motifs is 1. The predicted octanol–water partition coefficient (Wildman–Crippen LogP) is 3.66. The lowest BCUT2D eigenvalue weighted by Gasteiger charge is -2.10. The molecule has 0 aromatic heterocycles. The number of hydrogen-bond acceptors (Lipinski definition) is 1. The standard InChI is InChI=1S/C15H15NO/c1-10(2)15(17)16-13-9-5-8-12-7-4-6-11(3)14(12)13/h4-9H,1H2,2-3H3,(H,16,17). The van der Waals surface area contributed by atoms with Gasteiger partial charge in [0.25, 0.3) is 5.91 Å². The minimum atomic E-state index is -0.138. The first-order valence-electron chi connectivity index (χ1n) is 5.55. The van der Waals surface area contributed by atoms with E-state index in [1.165, 1.54) is 0 Å². The third-order valence-electron chi connectivity index (χ3n) is 2.75. The summed E-state index contributed by atoms with van der Waals surface area (Å²) in [5.41, 5.74) is 2.50. The molecule has 1 amide bonds. The second-order valence-electron chi connectivity index (χ2n) is 4.21. The van der Waals surface area contributed by atoms with E-state index in [9.17, 15) is 4.79 Å². The lowest BCUT2D eigenvalue weighted by molar-refractivity contribution is -0.112. The van der Waals surface area contributed by atoms with Crippen LogP contribution in [0.25, 0.3) is 10.8 Å². The van der Waals surface area contributed by atoms with Crippen molar-refractivity contribution >= 4 is 22.4 Å². The van der Waals surface area contributed by atoms with Crippen LogP contribution in [0.4, 0.5) is 5.69 Å². The summed E-state index contributed by atoms with van der Waals surface area (Å²) in [5.74, 6) is -0.138. The van der Waals surface area contributed by atoms with Crippen LogP contribution in [0.3, 0.4) is 0 Å². The van der Waals surface area contributed by atoms with Crippen molar-refractivity contribution in [2.24, 2.45) is 0 Å². The summed E-state index contributed by atoms with van der Waals surface area (Å²) in [6.45, 7) is 7.38. The van der Waals surface area contributed by atoms with Gasteiger partial charge in [0.2, 0.25) is 0 Å². The van der Waals surface area contributed by atoms with Crippen molar-refractivity contribution in [3.8, 4) is 0 Å². The van der Waals surface area contributed by atoms with Gasteiger partial charge in [0.05, 0.1) is 0 Å². The van der Waals surface area contributed by atoms with Gasteiger partial charge in [0.1, 0.15) is 0 Å². The highest BCUT2D eigenvalue weighted by atomic mass is 16.1. The maximum atomic E-state index is 11.7. The molecule has 0 bridgehead atoms. The lowest BCUT2D eigenvalue weighted by Crippen LogP contribution is -2.12. The predicted molar refractivity (Wildman–Crippen MR) is 72.1 cm³/mol. The molecule has 17 heavy (non-hydrogen) atoms. The number of hydrogen-bond donors (Lipinski definition) is 1. The Balaban J connectivity index is 2.54. The second-order valence-corrected chi connectivity index (χ2v) is 4.21. The van der Waals surface area contributed by atoms with E-state index in [1.54, 1.807) is 6.92 Å². The lowest BCUT2D eigenvalue weighted by atomic mass is 10.0. The molecule has 0 aliphatic heterocycles. The van der Waals surface area contributed by atoms with Crippen LogP contribution in [-0.2, 0) is 4.79 Å². The molecule has 2 aromatic rings. The summed E-state index contributed by atoms with van der Waals surface area (Å²) >= 11 is 0. The largest absolute Gasteiger partial charge is 0.322 e. The van der Waals surface area contributed by atoms with Crippen LogP contribution in [0, 0.1) is 6.92 Å². The molecule has 86 valence electrons. The molecule has 0 saturated heterocycles. The number of carbonyl (C=O) groups excluding carboxylic acids is 1. The van der Waals surface area contributed by atoms with E-state index < -0.39 is 0 Å². The molecule has 0 radical (unpaired) electrons. The van der Waals surface area contributed by atoms with Gasteiger partial charge in [-0.2, -0.15) is 0 Å². The number of benzene rings is 2. The van der Waals surface area contributed by atoms with Crippen molar-refractivity contribution in [3.05, 3.63) is 54.1 Å². The van der Waals surface area contributed by atoms with Crippen molar-refractivity contribution in [2.45, 2.75) is 13.8 Å². The molecule has 0 atom stereocenters. The van der Waals surface area contributed by atoms with Crippen molar-refractivity contribution < 1.29 is 4.79 Å². The molecule has 1 N–H and O–H groups in total. The van der Waals surface area contributed by atoms with E-state index in [2.05, 4.69) is 11.9 Å². The topological polar surface area (TPSA) is 29.1 Å². The average Bonchev–Trinajstić information content (AvgIpc) is 2.29. The summed E-state index contributed by atoms with van der Waals surface area (Å²) < 4.78 is 0. The maximum Gasteiger partial charge on any atom is 0.250 e. The van der Waals surface area contributed by atoms with Gasteiger partial charge in [-0.3, -0.25) is 4.79 Å². The fraction of sp³-hybridized carbons (Fsp3) is 0.133. The van der Waals surface area contributed by atoms with Gasteiger partial charge in [0.15, 0.2) is 0 Å². The summed E-state index contributed by atoms with van der Waals surface area (Å²) in [7, 11) is 0. The van der Waals surface area contributed by atoms with Crippen LogP contribution < -0.4 is 5.32 Å². The van der Waals surface area contributed by atoms with Crippen LogP contribution in [0.15, 0.2) is 48.6 Å². The van der Waals surface area contributed by atoms with Crippen LogP contribution in [-0.4, -0.2) is 5.91 Å². The second kappa shape index (κ2) is 4.42. The molecule has 2 rings (SSSR count). The molecule has 0 spiro atoms. The fourth-order valence-electron chi connectivity index (χ4n) is 1.86. The Bertz CT molecular complexity index is 594. The van der Waals surface area contributed by atoms with Crippen molar-refractivity contribution in [1.82, 2.24) is 0 Å². The molecular weight excluding hydrogens is 210 g/mol. The zero-order valence-corrected chi connectivity index (χ0v) is 10.1. The molecule has 2 aromatic carbocycles. The van der Waals surface area contributed by atoms with Crippen molar-refractivity contribution in [2.75, 3.05) is 5.32 Å². The quantitative estimate of drug-likeness (QED) is 0.776. The summed E-state index contributed by atoms with van der Waals surface area (Å²) in [4.78, 5) is 11.7. The van der Waals surface area contributed by atoms with E-state index in [0.29, 0.717) is 5.57 Å². The Labute approximate surface area is 101 Å². The molecule has 2 nitrogen and oxygen atoms in total. The number of anilines is 1. The highest BCUT2D eigenvalue weighted by Crippen LogP contribution is 2.26. The number of nitrogens with one attached hydrogen (secondary N) is 1. The van der Waals surface area contributed by atoms with Gasteiger partial charge in [-0.15, -0.1) is 0 Å². The first-order valence-corrected chi connectivity index (χ1v) is 5.55. The smallest absolute Gasteiger partial charge is 0.250 e. The number of rotatable bonds is 2. The van der Waals surface area contributed by atoms with Gasteiger partial charge in [-0.05, 0) is 30.9 Å². The molecule has 0 saturated carbocycles. The summed E-state index contributed by atoms with van der Waals surface area (Å²) in [6.07, 6.45) is 0. The number of carbonyl (C=O) groups is 1. The first-order chi connectivity index (χ1) is 8.09. The average molecular weight is 225 g/mol. The highest BCUT2D eigenvalue weighted by molar-refractivity contribution is 6.08. The highest BCUT2D eigenvalue weighted by Gasteiger charge is 2.07. The molecule has 0 aliphatic carbocycles. The van der Waals surface area contributed by atoms with Crippen LogP contribution in [0.2, 0.25) is 0 Å². The van der Waals surface area contributed by atoms with Crippen LogP contribution >= 0.6 is 0 Å². The van der Waals surface area contributed by atoms with Gasteiger partial charge < -0.3 is 5.32 Å². The zero-order chi connectivity index (χ0) is 12.4. The molecule has 0 fully saturated rings. The summed E-state index contributed by atoms with van der Waals surface area (Å²) in [6, 6.07) is 12.0. The Hall–Kier alpha value is -2.09. The van der Waals surface area contributed by atoms with Gasteiger partial charge >= 0.3 is 0 Å². The van der Waals surface area contributed by atoms with Crippen molar-refractivity contribution in [3.63, 3.8) is 0 Å². The third kappa shape index (κ3) is 2.21. The molecule has 0 unspecified atom stereocenters. The van der Waals surface area contributed by atoms with E-state index in [1.807, 2.05) is 43.3 Å². The molecular formula is C15H15NO. The molecule has 0 aliphatic rings. The first kappa shape index (κ1) is 11.4. The van der Waals surface area contributed by atoms with Crippen LogP contribution in [0.1, 0.15) is 12.5 Å². The Kier molecular flexibility index (Phi) is 2.96. The van der Waals surface area contributed by atoms with E-state index in [-0.39, 0.29) is 5.91 Å². The van der Waals surface area contributed by atoms with Crippen molar-refractivity contribution in [1.29, 1.82) is 0 Å². The molecule has 2 heteroatoms. The van der Waals surface area contributed by atoms with Gasteiger partial charge in [-0.25, -0.2) is 0 Å². The number of amides is 1. The van der Waals surface area contributed by atoms with E-state index >= 15 is 0 Å². The third-order valence-corrected chi connectivity index (χ3v) is 2.75. The molecule has 0 heterocycles. The Morgan fingerprint density at radius 3 is 2.47 bits per heavy atom. The Morgan fingerprint density at radius 1 is 1.18 bits per heavy atom. The van der Waals surface area contributed by atoms with Gasteiger partial charge in [-0.1, -0.05) is 36.9 Å². The Morgan fingerprint density at radius 2 is 1.82 bits per heavy atom. The van der Waals surface area contributed by atoms with E-state index in [0.717, 1.165) is 22.0 Å². The van der Waals surface area contributed by atoms with Crippen LogP contribution in [0.5, 0.6) is 0 Å². The zero-order valence-electron chi connectivity index (χ0n) is 10.1. The monoisotopic (exact) mass is 225 g/mol. The SMILES string of the molecule is C=C(C)C(=O)Nc1cccc2cccc(C)c12. The summed E-state index contributed by atoms with van der Waals surface area (Å²) in [5, 5.41) is 5.10. The fourth-order valence-corrected chi connectivity index (χ4v) is 1.86. The van der Waals surface area contributed by atoms with E-state index in [4.69, 9.17) is 0 Å².